The molecule has 0 aliphatic carbocycles. The first-order valence-electron chi connectivity index (χ1n) is 12.5. The molecule has 1 aliphatic rings. The molecule has 4 rings (SSSR count). The van der Waals surface area contributed by atoms with Crippen molar-refractivity contribution < 1.29 is 27.6 Å². The number of carbonyl (C=O) groups excluding carboxylic acids is 3. The highest BCUT2D eigenvalue weighted by atomic mass is 19.4. The van der Waals surface area contributed by atoms with Crippen molar-refractivity contribution in [2.45, 2.75) is 32.1 Å². The highest BCUT2D eigenvalue weighted by molar-refractivity contribution is 5.95. The van der Waals surface area contributed by atoms with Gasteiger partial charge < -0.3 is 20.4 Å². The van der Waals surface area contributed by atoms with Crippen LogP contribution in [-0.2, 0) is 6.18 Å². The lowest BCUT2D eigenvalue weighted by Crippen LogP contribution is -2.62. The average molecular weight is 543 g/mol. The van der Waals surface area contributed by atoms with Gasteiger partial charge in [-0.25, -0.2) is 9.48 Å². The van der Waals surface area contributed by atoms with Crippen LogP contribution in [0.2, 0.25) is 0 Å². The van der Waals surface area contributed by atoms with E-state index in [4.69, 9.17) is 0 Å². The molecule has 2 aromatic carbocycles. The van der Waals surface area contributed by atoms with Gasteiger partial charge in [-0.15, -0.1) is 0 Å². The molecule has 2 N–H and O–H groups in total. The lowest BCUT2D eigenvalue weighted by molar-refractivity contribution is -0.141. The number of amides is 4. The third-order valence-electron chi connectivity index (χ3n) is 6.40. The molecule has 1 aliphatic heterocycles. The Morgan fingerprint density at radius 3 is 2.05 bits per heavy atom. The monoisotopic (exact) mass is 542 g/mol. The number of para-hydroxylation sites is 1. The molecule has 2 atom stereocenters. The van der Waals surface area contributed by atoms with E-state index in [1.54, 1.807) is 64.4 Å². The van der Waals surface area contributed by atoms with Gasteiger partial charge in [-0.05, 0) is 38.1 Å². The van der Waals surface area contributed by atoms with Crippen LogP contribution in [0.1, 0.15) is 40.3 Å². The Kier molecular flexibility index (Phi) is 8.22. The van der Waals surface area contributed by atoms with Gasteiger partial charge in [0.15, 0.2) is 5.69 Å². The number of hydrogen-bond acceptors (Lipinski definition) is 4. The molecule has 0 spiro atoms. The maximum Gasteiger partial charge on any atom is 0.435 e. The zero-order valence-corrected chi connectivity index (χ0v) is 21.5. The van der Waals surface area contributed by atoms with Crippen LogP contribution < -0.4 is 10.6 Å². The summed E-state index contributed by atoms with van der Waals surface area (Å²) in [6, 6.07) is 16.1. The lowest BCUT2D eigenvalue weighted by atomic mass is 10.1. The number of alkyl halides is 3. The first-order chi connectivity index (χ1) is 18.6. The number of piperazine rings is 1. The van der Waals surface area contributed by atoms with Crippen LogP contribution >= 0.6 is 0 Å². The number of carbonyl (C=O) groups is 3. The number of rotatable bonds is 6. The second kappa shape index (κ2) is 11.6. The summed E-state index contributed by atoms with van der Waals surface area (Å²) < 4.78 is 41.6. The summed E-state index contributed by atoms with van der Waals surface area (Å²) in [6.07, 6.45) is -3.79. The summed E-state index contributed by atoms with van der Waals surface area (Å²) in [5.41, 5.74) is -0.950. The molecule has 0 bridgehead atoms. The SMILES string of the molecule is CC1CN(C(=O)c2ccccc2)CC(C)N1C(=O)NCCNC(=O)c1cn(-c2ccccc2)nc1C(F)(F)F. The number of nitrogens with one attached hydrogen (secondary N) is 2. The van der Waals surface area contributed by atoms with Crippen molar-refractivity contribution in [1.29, 1.82) is 0 Å². The molecule has 1 aromatic heterocycles. The number of urea groups is 1. The molecule has 4 amide bonds. The number of nitrogens with zero attached hydrogens (tertiary/aromatic N) is 4. The van der Waals surface area contributed by atoms with E-state index in [1.807, 2.05) is 19.9 Å². The molecule has 206 valence electrons. The van der Waals surface area contributed by atoms with Crippen molar-refractivity contribution in [3.63, 3.8) is 0 Å². The standard InChI is InChI=1S/C27H29F3N6O3/c1-18-15-34(25(38)20-9-5-3-6-10-20)16-19(2)36(18)26(39)32-14-13-31-24(37)22-17-35(21-11-7-4-8-12-21)33-23(22)27(28,29)30/h3-12,17-19H,13-16H2,1-2H3,(H,31,37)(H,32,39). The fourth-order valence-corrected chi connectivity index (χ4v) is 4.65. The molecular formula is C27H29F3N6O3. The van der Waals surface area contributed by atoms with Crippen LogP contribution in [0.4, 0.5) is 18.0 Å². The van der Waals surface area contributed by atoms with Crippen molar-refractivity contribution in [1.82, 2.24) is 30.2 Å². The normalized spacial score (nSPS) is 17.6. The van der Waals surface area contributed by atoms with E-state index >= 15 is 0 Å². The van der Waals surface area contributed by atoms with E-state index in [2.05, 4.69) is 15.7 Å². The van der Waals surface area contributed by atoms with Crippen LogP contribution in [-0.4, -0.2) is 75.7 Å². The van der Waals surface area contributed by atoms with Gasteiger partial charge in [-0.1, -0.05) is 36.4 Å². The molecular weight excluding hydrogens is 513 g/mol. The first kappa shape index (κ1) is 27.7. The quantitative estimate of drug-likeness (QED) is 0.466. The summed E-state index contributed by atoms with van der Waals surface area (Å²) in [5, 5.41) is 8.69. The Balaban J connectivity index is 1.31. The van der Waals surface area contributed by atoms with Crippen LogP contribution in [0.5, 0.6) is 0 Å². The smallest absolute Gasteiger partial charge is 0.350 e. The van der Waals surface area contributed by atoms with Crippen LogP contribution in [0.15, 0.2) is 66.9 Å². The minimum atomic E-state index is -4.82. The van der Waals surface area contributed by atoms with Gasteiger partial charge in [0.25, 0.3) is 11.8 Å². The van der Waals surface area contributed by atoms with E-state index in [-0.39, 0.29) is 37.1 Å². The fourth-order valence-electron chi connectivity index (χ4n) is 4.65. The summed E-state index contributed by atoms with van der Waals surface area (Å²) in [4.78, 5) is 41.6. The van der Waals surface area contributed by atoms with Crippen molar-refractivity contribution >= 4 is 17.8 Å². The minimum Gasteiger partial charge on any atom is -0.350 e. The van der Waals surface area contributed by atoms with E-state index < -0.39 is 23.3 Å². The van der Waals surface area contributed by atoms with Gasteiger partial charge >= 0.3 is 12.2 Å². The van der Waals surface area contributed by atoms with E-state index in [1.165, 1.54) is 0 Å². The molecule has 9 nitrogen and oxygen atoms in total. The third kappa shape index (κ3) is 6.39. The maximum absolute atomic E-state index is 13.5. The first-order valence-corrected chi connectivity index (χ1v) is 12.5. The minimum absolute atomic E-state index is 0.00134. The van der Waals surface area contributed by atoms with Gasteiger partial charge in [0.2, 0.25) is 0 Å². The predicted octanol–water partition coefficient (Wildman–Crippen LogP) is 3.57. The zero-order chi connectivity index (χ0) is 28.2. The van der Waals surface area contributed by atoms with E-state index in [0.717, 1.165) is 10.9 Å². The van der Waals surface area contributed by atoms with Crippen molar-refractivity contribution in [3.8, 4) is 5.69 Å². The van der Waals surface area contributed by atoms with Crippen LogP contribution in [0.25, 0.3) is 5.69 Å². The number of hydrogen-bond donors (Lipinski definition) is 2. The van der Waals surface area contributed by atoms with Gasteiger partial charge in [-0.3, -0.25) is 9.59 Å². The Labute approximate surface area is 223 Å². The second-order valence-electron chi connectivity index (χ2n) is 9.34. The predicted molar refractivity (Wildman–Crippen MR) is 137 cm³/mol. The Morgan fingerprint density at radius 1 is 0.897 bits per heavy atom. The molecule has 39 heavy (non-hydrogen) atoms. The fraction of sp³-hybridized carbons (Fsp3) is 0.333. The maximum atomic E-state index is 13.5. The molecule has 3 aromatic rings. The van der Waals surface area contributed by atoms with Crippen LogP contribution in [0, 0.1) is 0 Å². The lowest BCUT2D eigenvalue weighted by Gasteiger charge is -2.44. The highest BCUT2D eigenvalue weighted by Crippen LogP contribution is 2.31. The van der Waals surface area contributed by atoms with Gasteiger partial charge in [0.1, 0.15) is 0 Å². The number of halogens is 3. The number of aromatic nitrogens is 2. The Hall–Kier alpha value is -4.35. The van der Waals surface area contributed by atoms with Crippen molar-refractivity contribution in [2.24, 2.45) is 0 Å². The molecule has 12 heteroatoms. The van der Waals surface area contributed by atoms with Crippen LogP contribution in [0.3, 0.4) is 0 Å². The Bertz CT molecular complexity index is 1300. The molecule has 0 saturated carbocycles. The van der Waals surface area contributed by atoms with Gasteiger partial charge in [0, 0.05) is 50.0 Å². The average Bonchev–Trinajstić information content (AvgIpc) is 3.38. The van der Waals surface area contributed by atoms with E-state index in [0.29, 0.717) is 24.3 Å². The molecule has 0 radical (unpaired) electrons. The van der Waals surface area contributed by atoms with Crippen molar-refractivity contribution in [3.05, 3.63) is 83.7 Å². The second-order valence-corrected chi connectivity index (χ2v) is 9.34. The number of benzene rings is 2. The zero-order valence-electron chi connectivity index (χ0n) is 21.5. The van der Waals surface area contributed by atoms with Gasteiger partial charge in [-0.2, -0.15) is 18.3 Å². The largest absolute Gasteiger partial charge is 0.435 e. The Morgan fingerprint density at radius 2 is 1.46 bits per heavy atom. The van der Waals surface area contributed by atoms with E-state index in [9.17, 15) is 27.6 Å². The third-order valence-corrected chi connectivity index (χ3v) is 6.40. The molecule has 1 saturated heterocycles. The molecule has 2 heterocycles. The summed E-state index contributed by atoms with van der Waals surface area (Å²) in [6.45, 7) is 4.30. The van der Waals surface area contributed by atoms with Gasteiger partial charge in [0.05, 0.1) is 11.3 Å². The summed E-state index contributed by atoms with van der Waals surface area (Å²) >= 11 is 0. The van der Waals surface area contributed by atoms with Crippen molar-refractivity contribution in [2.75, 3.05) is 26.2 Å². The summed E-state index contributed by atoms with van der Waals surface area (Å²) in [7, 11) is 0. The molecule has 1 fully saturated rings. The summed E-state index contributed by atoms with van der Waals surface area (Å²) in [5.74, 6) is -1.06. The topological polar surface area (TPSA) is 99.6 Å². The highest BCUT2D eigenvalue weighted by Gasteiger charge is 2.39. The molecule has 2 unspecified atom stereocenters.